The van der Waals surface area contributed by atoms with Gasteiger partial charge in [0, 0.05) is 19.5 Å². The lowest BCUT2D eigenvalue weighted by Crippen LogP contribution is -2.28. The van der Waals surface area contributed by atoms with Gasteiger partial charge >= 0.3 is 0 Å². The molecule has 0 heterocycles. The summed E-state index contributed by atoms with van der Waals surface area (Å²) in [5, 5.41) is 0. The van der Waals surface area contributed by atoms with Crippen LogP contribution in [0.3, 0.4) is 0 Å². The van der Waals surface area contributed by atoms with E-state index in [0.717, 1.165) is 18.4 Å². The molecule has 2 saturated carbocycles. The summed E-state index contributed by atoms with van der Waals surface area (Å²) in [4.78, 5) is 13.7. The zero-order chi connectivity index (χ0) is 9.42. The fourth-order valence-electron chi connectivity index (χ4n) is 2.77. The standard InChI is InChI=1S/C11H19NO/c1-3-12(2)11(13)10-8-6-4-5-7-9(8)10/h8-10H,3-7H2,1-2H3. The number of hydrogen-bond donors (Lipinski definition) is 0. The van der Waals surface area contributed by atoms with Crippen molar-refractivity contribution < 1.29 is 4.79 Å². The topological polar surface area (TPSA) is 20.3 Å². The zero-order valence-corrected chi connectivity index (χ0v) is 8.62. The highest BCUT2D eigenvalue weighted by atomic mass is 16.2. The minimum atomic E-state index is 0.402. The molecule has 74 valence electrons. The molecule has 13 heavy (non-hydrogen) atoms. The maximum Gasteiger partial charge on any atom is 0.225 e. The van der Waals surface area contributed by atoms with Gasteiger partial charge in [-0.2, -0.15) is 0 Å². The fourth-order valence-corrected chi connectivity index (χ4v) is 2.77. The highest BCUT2D eigenvalue weighted by molar-refractivity contribution is 5.82. The van der Waals surface area contributed by atoms with Crippen molar-refractivity contribution in [3.63, 3.8) is 0 Å². The Morgan fingerprint density at radius 1 is 1.31 bits per heavy atom. The van der Waals surface area contributed by atoms with Crippen LogP contribution in [-0.2, 0) is 4.79 Å². The predicted octanol–water partition coefficient (Wildman–Crippen LogP) is 1.90. The Hall–Kier alpha value is -0.530. The van der Waals surface area contributed by atoms with Crippen LogP contribution in [0.5, 0.6) is 0 Å². The first kappa shape index (κ1) is 9.04. The summed E-state index contributed by atoms with van der Waals surface area (Å²) < 4.78 is 0. The number of nitrogens with zero attached hydrogens (tertiary/aromatic N) is 1. The number of carbonyl (C=O) groups excluding carboxylic acids is 1. The lowest BCUT2D eigenvalue weighted by atomic mass is 10.0. The summed E-state index contributed by atoms with van der Waals surface area (Å²) in [6.07, 6.45) is 5.30. The third-order valence-electron chi connectivity index (χ3n) is 3.79. The minimum absolute atomic E-state index is 0.402. The third-order valence-corrected chi connectivity index (χ3v) is 3.79. The molecule has 2 nitrogen and oxygen atoms in total. The van der Waals surface area contributed by atoms with Crippen molar-refractivity contribution in [1.82, 2.24) is 4.90 Å². The van der Waals surface area contributed by atoms with E-state index < -0.39 is 0 Å². The second-order valence-electron chi connectivity index (χ2n) is 4.49. The maximum absolute atomic E-state index is 11.8. The quantitative estimate of drug-likeness (QED) is 0.637. The molecular weight excluding hydrogens is 162 g/mol. The minimum Gasteiger partial charge on any atom is -0.346 e. The van der Waals surface area contributed by atoms with Crippen LogP contribution in [-0.4, -0.2) is 24.4 Å². The molecule has 0 N–H and O–H groups in total. The molecule has 0 aromatic heterocycles. The van der Waals surface area contributed by atoms with Crippen LogP contribution in [0.2, 0.25) is 0 Å². The van der Waals surface area contributed by atoms with Gasteiger partial charge in [-0.15, -0.1) is 0 Å². The van der Waals surface area contributed by atoms with Gasteiger partial charge in [0.25, 0.3) is 0 Å². The van der Waals surface area contributed by atoms with E-state index >= 15 is 0 Å². The molecule has 0 bridgehead atoms. The molecule has 2 fully saturated rings. The van der Waals surface area contributed by atoms with Gasteiger partial charge in [-0.1, -0.05) is 12.8 Å². The number of fused-ring (bicyclic) bond motifs is 1. The van der Waals surface area contributed by atoms with Gasteiger partial charge in [0.05, 0.1) is 0 Å². The van der Waals surface area contributed by atoms with Crippen molar-refractivity contribution in [3.05, 3.63) is 0 Å². The van der Waals surface area contributed by atoms with Crippen molar-refractivity contribution in [3.8, 4) is 0 Å². The van der Waals surface area contributed by atoms with Crippen molar-refractivity contribution in [2.75, 3.05) is 13.6 Å². The molecule has 0 saturated heterocycles. The molecule has 2 aliphatic carbocycles. The van der Waals surface area contributed by atoms with E-state index in [9.17, 15) is 4.79 Å². The van der Waals surface area contributed by atoms with Crippen LogP contribution in [0.15, 0.2) is 0 Å². The zero-order valence-electron chi connectivity index (χ0n) is 8.62. The van der Waals surface area contributed by atoms with E-state index in [1.54, 1.807) is 0 Å². The first-order valence-electron chi connectivity index (χ1n) is 5.50. The monoisotopic (exact) mass is 181 g/mol. The normalized spacial score (nSPS) is 36.6. The summed E-state index contributed by atoms with van der Waals surface area (Å²) in [5.74, 6) is 2.33. The molecule has 2 aliphatic rings. The Morgan fingerprint density at radius 2 is 1.85 bits per heavy atom. The van der Waals surface area contributed by atoms with Gasteiger partial charge < -0.3 is 4.90 Å². The molecule has 0 aromatic rings. The van der Waals surface area contributed by atoms with E-state index in [4.69, 9.17) is 0 Å². The summed E-state index contributed by atoms with van der Waals surface area (Å²) in [7, 11) is 1.92. The molecule has 0 aliphatic heterocycles. The Bertz CT molecular complexity index is 202. The molecule has 2 heteroatoms. The van der Waals surface area contributed by atoms with Gasteiger partial charge in [-0.3, -0.25) is 4.79 Å². The Morgan fingerprint density at radius 3 is 2.31 bits per heavy atom. The smallest absolute Gasteiger partial charge is 0.225 e. The summed E-state index contributed by atoms with van der Waals surface area (Å²) >= 11 is 0. The average Bonchev–Trinajstić information content (AvgIpc) is 2.89. The first-order valence-corrected chi connectivity index (χ1v) is 5.50. The second-order valence-corrected chi connectivity index (χ2v) is 4.49. The lowest BCUT2D eigenvalue weighted by molar-refractivity contribution is -0.131. The van der Waals surface area contributed by atoms with Crippen molar-refractivity contribution >= 4 is 5.91 Å². The molecule has 0 spiro atoms. The van der Waals surface area contributed by atoms with Crippen molar-refractivity contribution in [2.45, 2.75) is 32.6 Å². The summed E-state index contributed by atoms with van der Waals surface area (Å²) in [6.45, 7) is 2.90. The SMILES string of the molecule is CCN(C)C(=O)C1C2CCCCC21. The number of hydrogen-bond acceptors (Lipinski definition) is 1. The van der Waals surface area contributed by atoms with Crippen LogP contribution < -0.4 is 0 Å². The maximum atomic E-state index is 11.8. The van der Waals surface area contributed by atoms with Crippen LogP contribution in [0.1, 0.15) is 32.6 Å². The highest BCUT2D eigenvalue weighted by Crippen LogP contribution is 2.55. The van der Waals surface area contributed by atoms with Crippen molar-refractivity contribution in [2.24, 2.45) is 17.8 Å². The van der Waals surface area contributed by atoms with Gasteiger partial charge in [0.2, 0.25) is 5.91 Å². The van der Waals surface area contributed by atoms with Gasteiger partial charge in [0.1, 0.15) is 0 Å². The van der Waals surface area contributed by atoms with E-state index in [0.29, 0.717) is 11.8 Å². The van der Waals surface area contributed by atoms with Crippen molar-refractivity contribution in [1.29, 1.82) is 0 Å². The van der Waals surface area contributed by atoms with Gasteiger partial charge in [0.15, 0.2) is 0 Å². The van der Waals surface area contributed by atoms with Gasteiger partial charge in [-0.05, 0) is 31.6 Å². The van der Waals surface area contributed by atoms with Crippen LogP contribution in [0.25, 0.3) is 0 Å². The first-order chi connectivity index (χ1) is 6.25. The molecule has 1 amide bonds. The second kappa shape index (κ2) is 3.32. The van der Waals surface area contributed by atoms with E-state index in [1.165, 1.54) is 25.7 Å². The highest BCUT2D eigenvalue weighted by Gasteiger charge is 2.55. The van der Waals surface area contributed by atoms with E-state index in [1.807, 2.05) is 18.9 Å². The molecule has 2 atom stereocenters. The lowest BCUT2D eigenvalue weighted by Gasteiger charge is -2.13. The largest absolute Gasteiger partial charge is 0.346 e. The Kier molecular flexibility index (Phi) is 2.31. The Balaban J connectivity index is 1.93. The predicted molar refractivity (Wildman–Crippen MR) is 52.2 cm³/mol. The fraction of sp³-hybridized carbons (Fsp3) is 0.909. The average molecular weight is 181 g/mol. The third kappa shape index (κ3) is 1.47. The van der Waals surface area contributed by atoms with Gasteiger partial charge in [-0.25, -0.2) is 0 Å². The van der Waals surface area contributed by atoms with E-state index in [-0.39, 0.29) is 0 Å². The molecule has 0 aromatic carbocycles. The summed E-state index contributed by atoms with van der Waals surface area (Å²) in [6, 6.07) is 0. The molecule has 0 radical (unpaired) electrons. The summed E-state index contributed by atoms with van der Waals surface area (Å²) in [5.41, 5.74) is 0. The Labute approximate surface area is 80.3 Å². The number of rotatable bonds is 2. The number of carbonyl (C=O) groups is 1. The number of amides is 1. The van der Waals surface area contributed by atoms with E-state index in [2.05, 4.69) is 0 Å². The molecule has 2 unspecified atom stereocenters. The molecule has 2 rings (SSSR count). The van der Waals surface area contributed by atoms with Crippen LogP contribution in [0, 0.1) is 17.8 Å². The van der Waals surface area contributed by atoms with Crippen LogP contribution in [0.4, 0.5) is 0 Å². The molecular formula is C11H19NO. The van der Waals surface area contributed by atoms with Crippen LogP contribution >= 0.6 is 0 Å².